The molecule has 0 saturated carbocycles. The fourth-order valence-electron chi connectivity index (χ4n) is 4.09. The van der Waals surface area contributed by atoms with Crippen molar-refractivity contribution in [3.05, 3.63) is 47.5 Å². The molecule has 2 aliphatic rings. The number of piperidine rings is 1. The van der Waals surface area contributed by atoms with E-state index in [-0.39, 0.29) is 23.6 Å². The molecule has 1 atom stereocenters. The number of fused-ring (bicyclic) bond motifs is 1. The number of likely N-dealkylation sites (tertiary alicyclic amines) is 1. The summed E-state index contributed by atoms with van der Waals surface area (Å²) in [5, 5.41) is 7.96. The van der Waals surface area contributed by atoms with Crippen LogP contribution in [0, 0.1) is 23.5 Å². The molecule has 2 aromatic rings. The molecule has 0 spiro atoms. The average molecular weight is 360 g/mol. The van der Waals surface area contributed by atoms with Crippen LogP contribution >= 0.6 is 0 Å². The third-order valence-electron chi connectivity index (χ3n) is 5.62. The van der Waals surface area contributed by atoms with Gasteiger partial charge in [0, 0.05) is 26.1 Å². The van der Waals surface area contributed by atoms with E-state index in [1.165, 1.54) is 12.1 Å². The van der Waals surface area contributed by atoms with Crippen LogP contribution in [-0.4, -0.2) is 38.7 Å². The second-order valence-electron chi connectivity index (χ2n) is 7.34. The summed E-state index contributed by atoms with van der Waals surface area (Å²) in [4.78, 5) is 14.7. The van der Waals surface area contributed by atoms with Gasteiger partial charge in [-0.25, -0.2) is 8.78 Å². The molecular formula is C19H22F2N4O. The van der Waals surface area contributed by atoms with Crippen molar-refractivity contribution in [2.24, 2.45) is 11.8 Å². The summed E-state index contributed by atoms with van der Waals surface area (Å²) in [6.45, 7) is 2.02. The van der Waals surface area contributed by atoms with E-state index in [0.717, 1.165) is 37.6 Å². The van der Waals surface area contributed by atoms with Crippen LogP contribution in [0.1, 0.15) is 30.7 Å². The first-order valence-electron chi connectivity index (χ1n) is 9.19. The smallest absolute Gasteiger partial charge is 0.227 e. The first-order valence-corrected chi connectivity index (χ1v) is 9.19. The molecule has 4 rings (SSSR count). The molecule has 7 heteroatoms. The molecule has 1 unspecified atom stereocenters. The van der Waals surface area contributed by atoms with Crippen molar-refractivity contribution in [1.82, 2.24) is 19.7 Å². The summed E-state index contributed by atoms with van der Waals surface area (Å²) in [6.07, 6.45) is 5.46. The van der Waals surface area contributed by atoms with Crippen LogP contribution in [0.5, 0.6) is 0 Å². The SMILES string of the molecule is O=C(C1CCc2nncn2C1)N1CCC(Cc2cc(F)ccc2F)CC1. The minimum absolute atomic E-state index is 0.0179. The van der Waals surface area contributed by atoms with E-state index in [4.69, 9.17) is 0 Å². The number of carbonyl (C=O) groups is 1. The minimum Gasteiger partial charge on any atom is -0.342 e. The highest BCUT2D eigenvalue weighted by molar-refractivity contribution is 5.79. The van der Waals surface area contributed by atoms with E-state index in [1.807, 2.05) is 9.47 Å². The van der Waals surface area contributed by atoms with Gasteiger partial charge >= 0.3 is 0 Å². The summed E-state index contributed by atoms with van der Waals surface area (Å²) >= 11 is 0. The van der Waals surface area contributed by atoms with Crippen molar-refractivity contribution in [1.29, 1.82) is 0 Å². The van der Waals surface area contributed by atoms with Gasteiger partial charge in [-0.3, -0.25) is 4.79 Å². The van der Waals surface area contributed by atoms with Crippen molar-refractivity contribution in [3.8, 4) is 0 Å². The Labute approximate surface area is 151 Å². The molecule has 1 aromatic carbocycles. The van der Waals surface area contributed by atoms with Crippen molar-refractivity contribution in [3.63, 3.8) is 0 Å². The molecular weight excluding hydrogens is 338 g/mol. The van der Waals surface area contributed by atoms with Crippen molar-refractivity contribution < 1.29 is 13.6 Å². The van der Waals surface area contributed by atoms with Crippen LogP contribution in [-0.2, 0) is 24.2 Å². The van der Waals surface area contributed by atoms with E-state index < -0.39 is 5.82 Å². The molecule has 1 aromatic heterocycles. The van der Waals surface area contributed by atoms with Crippen LogP contribution < -0.4 is 0 Å². The van der Waals surface area contributed by atoms with Gasteiger partial charge in [-0.15, -0.1) is 10.2 Å². The number of rotatable bonds is 3. The van der Waals surface area contributed by atoms with Crippen molar-refractivity contribution in [2.75, 3.05) is 13.1 Å². The van der Waals surface area contributed by atoms with Crippen LogP contribution in [0.2, 0.25) is 0 Å². The van der Waals surface area contributed by atoms with Crippen LogP contribution in [0.15, 0.2) is 24.5 Å². The number of carbonyl (C=O) groups excluding carboxylic acids is 1. The topological polar surface area (TPSA) is 51.0 Å². The Hall–Kier alpha value is -2.31. The van der Waals surface area contributed by atoms with E-state index in [9.17, 15) is 13.6 Å². The largest absolute Gasteiger partial charge is 0.342 e. The first-order chi connectivity index (χ1) is 12.6. The maximum absolute atomic E-state index is 13.8. The Bertz CT molecular complexity index is 799. The zero-order valence-electron chi connectivity index (χ0n) is 14.6. The quantitative estimate of drug-likeness (QED) is 0.845. The number of hydrogen-bond donors (Lipinski definition) is 0. The van der Waals surface area contributed by atoms with Crippen molar-refractivity contribution in [2.45, 2.75) is 38.6 Å². The maximum Gasteiger partial charge on any atom is 0.227 e. The predicted octanol–water partition coefficient (Wildman–Crippen LogP) is 2.60. The van der Waals surface area contributed by atoms with E-state index in [0.29, 0.717) is 31.6 Å². The Morgan fingerprint density at radius 1 is 1.19 bits per heavy atom. The Balaban J connectivity index is 1.32. The standard InChI is InChI=1S/C19H22F2N4O/c20-16-2-3-17(21)15(10-16)9-13-5-7-24(8-6-13)19(26)14-1-4-18-23-22-12-25(18)11-14/h2-3,10,12-14H,1,4-9,11H2. The molecule has 1 fully saturated rings. The molecule has 26 heavy (non-hydrogen) atoms. The minimum atomic E-state index is -0.403. The lowest BCUT2D eigenvalue weighted by Crippen LogP contribution is -2.44. The number of aryl methyl sites for hydroxylation is 1. The van der Waals surface area contributed by atoms with Gasteiger partial charge in [0.15, 0.2) is 0 Å². The average Bonchev–Trinajstić information content (AvgIpc) is 3.12. The van der Waals surface area contributed by atoms with Gasteiger partial charge in [-0.05, 0) is 55.4 Å². The Kier molecular flexibility index (Phi) is 4.70. The summed E-state index contributed by atoms with van der Waals surface area (Å²) in [5.41, 5.74) is 0.433. The third kappa shape index (κ3) is 3.48. The lowest BCUT2D eigenvalue weighted by molar-refractivity contribution is -0.138. The van der Waals surface area contributed by atoms with E-state index in [1.54, 1.807) is 6.33 Å². The molecule has 0 N–H and O–H groups in total. The number of benzene rings is 1. The highest BCUT2D eigenvalue weighted by atomic mass is 19.1. The van der Waals surface area contributed by atoms with Crippen molar-refractivity contribution >= 4 is 5.91 Å². The zero-order chi connectivity index (χ0) is 18.1. The number of halogens is 2. The number of aromatic nitrogens is 3. The van der Waals surface area contributed by atoms with Gasteiger partial charge in [0.1, 0.15) is 23.8 Å². The fraction of sp³-hybridized carbons (Fsp3) is 0.526. The molecule has 2 aliphatic heterocycles. The lowest BCUT2D eigenvalue weighted by Gasteiger charge is -2.35. The van der Waals surface area contributed by atoms with Gasteiger partial charge < -0.3 is 9.47 Å². The van der Waals surface area contributed by atoms with Gasteiger partial charge in [0.05, 0.1) is 5.92 Å². The van der Waals surface area contributed by atoms with E-state index >= 15 is 0 Å². The second-order valence-corrected chi connectivity index (χ2v) is 7.34. The zero-order valence-corrected chi connectivity index (χ0v) is 14.6. The molecule has 5 nitrogen and oxygen atoms in total. The molecule has 3 heterocycles. The summed E-state index contributed by atoms with van der Waals surface area (Å²) in [6, 6.07) is 3.61. The molecule has 138 valence electrons. The monoisotopic (exact) mass is 360 g/mol. The maximum atomic E-state index is 13.8. The molecule has 0 radical (unpaired) electrons. The highest BCUT2D eigenvalue weighted by Crippen LogP contribution is 2.26. The summed E-state index contributed by atoms with van der Waals surface area (Å²) < 4.78 is 29.1. The van der Waals surface area contributed by atoms with E-state index in [2.05, 4.69) is 10.2 Å². The summed E-state index contributed by atoms with van der Waals surface area (Å²) in [7, 11) is 0. The summed E-state index contributed by atoms with van der Waals surface area (Å²) in [5.74, 6) is 0.656. The van der Waals surface area contributed by atoms with Gasteiger partial charge in [0.2, 0.25) is 5.91 Å². The Morgan fingerprint density at radius 3 is 2.81 bits per heavy atom. The van der Waals surface area contributed by atoms with Gasteiger partial charge in [-0.2, -0.15) is 0 Å². The normalized spacial score (nSPS) is 20.8. The number of amides is 1. The van der Waals surface area contributed by atoms with Gasteiger partial charge in [-0.1, -0.05) is 0 Å². The lowest BCUT2D eigenvalue weighted by atomic mass is 9.89. The fourth-order valence-corrected chi connectivity index (χ4v) is 4.09. The number of nitrogens with zero attached hydrogens (tertiary/aromatic N) is 4. The highest BCUT2D eigenvalue weighted by Gasteiger charge is 2.31. The van der Waals surface area contributed by atoms with Crippen LogP contribution in [0.3, 0.4) is 0 Å². The first kappa shape index (κ1) is 17.1. The molecule has 1 amide bonds. The van der Waals surface area contributed by atoms with Gasteiger partial charge in [0.25, 0.3) is 0 Å². The molecule has 1 saturated heterocycles. The number of hydrogen-bond acceptors (Lipinski definition) is 3. The second kappa shape index (κ2) is 7.13. The molecule has 0 bridgehead atoms. The predicted molar refractivity (Wildman–Crippen MR) is 91.2 cm³/mol. The third-order valence-corrected chi connectivity index (χ3v) is 5.62. The molecule has 0 aliphatic carbocycles. The van der Waals surface area contributed by atoms with Crippen LogP contribution in [0.4, 0.5) is 8.78 Å². The van der Waals surface area contributed by atoms with Crippen LogP contribution in [0.25, 0.3) is 0 Å². The Morgan fingerprint density at radius 2 is 2.00 bits per heavy atom.